The first-order valence-electron chi connectivity index (χ1n) is 14.4. The van der Waals surface area contributed by atoms with Gasteiger partial charge in [0.05, 0.1) is 51.3 Å². The number of halogens is 3. The van der Waals surface area contributed by atoms with E-state index in [1.54, 1.807) is 52.8 Å². The third-order valence-corrected chi connectivity index (χ3v) is 8.10. The quantitative estimate of drug-likeness (QED) is 0.278. The molecule has 0 radical (unpaired) electrons. The highest BCUT2D eigenvalue weighted by atomic mass is 19.4. The van der Waals surface area contributed by atoms with Crippen molar-refractivity contribution in [2.45, 2.75) is 32.3 Å². The summed E-state index contributed by atoms with van der Waals surface area (Å²) in [7, 11) is 4.49. The number of likely N-dealkylation sites (N-methyl/N-ethyl adjacent to an activating group) is 1. The van der Waals surface area contributed by atoms with Gasteiger partial charge in [-0.25, -0.2) is 0 Å². The summed E-state index contributed by atoms with van der Waals surface area (Å²) in [6.45, 7) is 1.35. The van der Waals surface area contributed by atoms with Crippen molar-refractivity contribution in [3.05, 3.63) is 100 Å². The number of fused-ring (bicyclic) bond motifs is 2. The molecule has 2 N–H and O–H groups in total. The van der Waals surface area contributed by atoms with Gasteiger partial charge in [0.1, 0.15) is 5.69 Å². The molecular weight excluding hydrogens is 603 g/mol. The van der Waals surface area contributed by atoms with E-state index < -0.39 is 30.4 Å². The maximum atomic E-state index is 14.2. The molecule has 5 rings (SSSR count). The second-order valence-electron chi connectivity index (χ2n) is 11.1. The van der Waals surface area contributed by atoms with Crippen LogP contribution in [0.4, 0.5) is 18.9 Å². The van der Waals surface area contributed by atoms with E-state index >= 15 is 0 Å². The number of benzene rings is 3. The summed E-state index contributed by atoms with van der Waals surface area (Å²) >= 11 is 0. The Morgan fingerprint density at radius 1 is 0.957 bits per heavy atom. The van der Waals surface area contributed by atoms with Gasteiger partial charge in [-0.15, -0.1) is 0 Å². The SMILES string of the molecule is COc1cc2c(cc1OC)N(C(=O)c1ccc(-c3ccccc3C(F)(F)F)c(C)c1)Cc1ccc(C(=O)N(C)CC(O)CO)n1C2. The van der Waals surface area contributed by atoms with E-state index in [4.69, 9.17) is 9.47 Å². The number of hydrogen-bond donors (Lipinski definition) is 2. The Hall–Kier alpha value is -4.81. The summed E-state index contributed by atoms with van der Waals surface area (Å²) in [5.74, 6) is 0.0163. The molecule has 0 fully saturated rings. The number of carbonyl (C=O) groups excluding carboxylic acids is 2. The average Bonchev–Trinajstić information content (AvgIpc) is 3.36. The molecule has 1 aliphatic rings. The minimum absolute atomic E-state index is 0.0231. The minimum Gasteiger partial charge on any atom is -0.493 e. The molecule has 1 aromatic heterocycles. The highest BCUT2D eigenvalue weighted by Crippen LogP contribution is 2.41. The van der Waals surface area contributed by atoms with Crippen molar-refractivity contribution in [3.63, 3.8) is 0 Å². The predicted octanol–water partition coefficient (Wildman–Crippen LogP) is 5.13. The first-order valence-corrected chi connectivity index (χ1v) is 14.4. The fraction of sp³-hybridized carbons (Fsp3) is 0.294. The number of aliphatic hydroxyl groups excluding tert-OH is 2. The second-order valence-corrected chi connectivity index (χ2v) is 11.1. The molecule has 0 saturated heterocycles. The van der Waals surface area contributed by atoms with E-state index in [1.165, 1.54) is 50.4 Å². The van der Waals surface area contributed by atoms with Crippen LogP contribution in [0.25, 0.3) is 11.1 Å². The lowest BCUT2D eigenvalue weighted by molar-refractivity contribution is -0.137. The van der Waals surface area contributed by atoms with Gasteiger partial charge in [0.2, 0.25) is 0 Å². The molecule has 0 spiro atoms. The van der Waals surface area contributed by atoms with E-state index in [0.717, 1.165) is 6.07 Å². The Bertz CT molecular complexity index is 1780. The van der Waals surface area contributed by atoms with Gasteiger partial charge in [-0.2, -0.15) is 13.2 Å². The maximum Gasteiger partial charge on any atom is 0.417 e. The molecule has 3 aromatic carbocycles. The topological polar surface area (TPSA) is 104 Å². The van der Waals surface area contributed by atoms with Crippen LogP contribution in [-0.2, 0) is 19.3 Å². The molecule has 1 unspecified atom stereocenters. The first-order chi connectivity index (χ1) is 21.9. The Balaban J connectivity index is 1.57. The molecule has 0 aliphatic carbocycles. The third kappa shape index (κ3) is 6.18. The van der Waals surface area contributed by atoms with Crippen molar-refractivity contribution in [1.82, 2.24) is 9.47 Å². The smallest absolute Gasteiger partial charge is 0.417 e. The number of alkyl halides is 3. The number of ether oxygens (including phenoxy) is 2. The van der Waals surface area contributed by atoms with Crippen LogP contribution < -0.4 is 14.4 Å². The van der Waals surface area contributed by atoms with Crippen molar-refractivity contribution in [3.8, 4) is 22.6 Å². The summed E-state index contributed by atoms with van der Waals surface area (Å²) in [4.78, 5) is 30.5. The number of rotatable bonds is 8. The van der Waals surface area contributed by atoms with Gasteiger partial charge in [0, 0.05) is 30.9 Å². The minimum atomic E-state index is -4.55. The molecule has 12 heteroatoms. The van der Waals surface area contributed by atoms with Crippen molar-refractivity contribution >= 4 is 17.5 Å². The molecule has 2 heterocycles. The second kappa shape index (κ2) is 12.9. The first kappa shape index (κ1) is 32.6. The number of amides is 2. The van der Waals surface area contributed by atoms with E-state index in [9.17, 15) is 33.0 Å². The van der Waals surface area contributed by atoms with Crippen LogP contribution in [0.5, 0.6) is 11.5 Å². The molecule has 1 atom stereocenters. The number of hydrogen-bond acceptors (Lipinski definition) is 6. The molecule has 0 bridgehead atoms. The molecule has 9 nitrogen and oxygen atoms in total. The Morgan fingerprint density at radius 2 is 1.65 bits per heavy atom. The molecule has 0 saturated carbocycles. The number of aliphatic hydroxyl groups is 2. The number of nitrogens with zero attached hydrogens (tertiary/aromatic N) is 3. The summed E-state index contributed by atoms with van der Waals surface area (Å²) in [5, 5.41) is 19.1. The van der Waals surface area contributed by atoms with Crippen LogP contribution in [0, 0.1) is 6.92 Å². The summed E-state index contributed by atoms with van der Waals surface area (Å²) < 4.78 is 54.2. The molecule has 46 heavy (non-hydrogen) atoms. The lowest BCUT2D eigenvalue weighted by atomic mass is 9.94. The Morgan fingerprint density at radius 3 is 2.30 bits per heavy atom. The van der Waals surface area contributed by atoms with Crippen LogP contribution >= 0.6 is 0 Å². The standard InChI is InChI=1S/C34H34F3N3O6/c1-20-13-21(9-11-25(20)26-7-5-6-8-27(26)34(35,36)37)32(43)40-17-23-10-12-28(33(44)38(2)18-24(42)19-41)39(23)16-22-14-30(45-3)31(46-4)15-29(22)40/h5-15,24,41-42H,16-19H2,1-4H3. The molecular formula is C34H34F3N3O6. The maximum absolute atomic E-state index is 14.2. The molecule has 242 valence electrons. The van der Waals surface area contributed by atoms with Crippen LogP contribution in [-0.4, -0.2) is 72.0 Å². The monoisotopic (exact) mass is 637 g/mol. The van der Waals surface area contributed by atoms with E-state index in [0.29, 0.717) is 45.3 Å². The average molecular weight is 638 g/mol. The molecule has 2 amide bonds. The highest BCUT2D eigenvalue weighted by Gasteiger charge is 2.34. The summed E-state index contributed by atoms with van der Waals surface area (Å²) in [6, 6.07) is 16.7. The van der Waals surface area contributed by atoms with Gasteiger partial charge in [-0.1, -0.05) is 24.3 Å². The van der Waals surface area contributed by atoms with Crippen molar-refractivity contribution in [1.29, 1.82) is 0 Å². The number of methoxy groups -OCH3 is 2. The van der Waals surface area contributed by atoms with Gasteiger partial charge in [0.25, 0.3) is 11.8 Å². The molecule has 4 aromatic rings. The van der Waals surface area contributed by atoms with Crippen molar-refractivity contribution in [2.24, 2.45) is 0 Å². The van der Waals surface area contributed by atoms with Gasteiger partial charge in [-0.05, 0) is 65.6 Å². The largest absolute Gasteiger partial charge is 0.493 e. The number of carbonyl (C=O) groups is 2. The lowest BCUT2D eigenvalue weighted by Gasteiger charge is -2.24. The third-order valence-electron chi connectivity index (χ3n) is 8.10. The fourth-order valence-electron chi connectivity index (χ4n) is 5.78. The highest BCUT2D eigenvalue weighted by molar-refractivity contribution is 6.07. The number of aromatic nitrogens is 1. The van der Waals surface area contributed by atoms with Gasteiger partial charge >= 0.3 is 6.18 Å². The number of aryl methyl sites for hydroxylation is 1. The van der Waals surface area contributed by atoms with E-state index in [2.05, 4.69) is 0 Å². The van der Waals surface area contributed by atoms with Crippen molar-refractivity contribution < 1.29 is 42.4 Å². The zero-order valence-electron chi connectivity index (χ0n) is 25.8. The van der Waals surface area contributed by atoms with Gasteiger partial charge in [-0.3, -0.25) is 9.59 Å². The lowest BCUT2D eigenvalue weighted by Crippen LogP contribution is -2.37. The Kier molecular flexibility index (Phi) is 9.13. The van der Waals surface area contributed by atoms with Crippen LogP contribution in [0.15, 0.2) is 66.7 Å². The fourth-order valence-corrected chi connectivity index (χ4v) is 5.78. The van der Waals surface area contributed by atoms with E-state index in [-0.39, 0.29) is 36.7 Å². The van der Waals surface area contributed by atoms with E-state index in [1.807, 2.05) is 0 Å². The normalized spacial score (nSPS) is 13.4. The summed E-state index contributed by atoms with van der Waals surface area (Å²) in [6.07, 6.45) is -5.65. The van der Waals surface area contributed by atoms with Crippen LogP contribution in [0.2, 0.25) is 0 Å². The van der Waals surface area contributed by atoms with Crippen molar-refractivity contribution in [2.75, 3.05) is 39.3 Å². The van der Waals surface area contributed by atoms with Crippen LogP contribution in [0.1, 0.15) is 43.2 Å². The predicted molar refractivity (Wildman–Crippen MR) is 165 cm³/mol. The zero-order valence-corrected chi connectivity index (χ0v) is 25.8. The van der Waals surface area contributed by atoms with Crippen LogP contribution in [0.3, 0.4) is 0 Å². The zero-order chi connectivity index (χ0) is 33.3. The molecule has 1 aliphatic heterocycles. The number of anilines is 1. The Labute approximate surface area is 264 Å². The summed E-state index contributed by atoms with van der Waals surface area (Å²) in [5.41, 5.74) is 2.51. The van der Waals surface area contributed by atoms with Gasteiger partial charge in [0.15, 0.2) is 11.5 Å². The van der Waals surface area contributed by atoms with Gasteiger partial charge < -0.3 is 34.1 Å².